The molecule has 0 radical (unpaired) electrons. The summed E-state index contributed by atoms with van der Waals surface area (Å²) in [5.41, 5.74) is 0. The molecule has 6 nitrogen and oxygen atoms in total. The number of nitrogens with zero attached hydrogens (tertiary/aromatic N) is 3. The summed E-state index contributed by atoms with van der Waals surface area (Å²) in [6.07, 6.45) is -4.56. The lowest BCUT2D eigenvalue weighted by Crippen LogP contribution is -2.36. The van der Waals surface area contributed by atoms with E-state index >= 15 is 0 Å². The Morgan fingerprint density at radius 1 is 1.53 bits per heavy atom. The molecule has 0 saturated heterocycles. The summed E-state index contributed by atoms with van der Waals surface area (Å²) in [6, 6.07) is -0.778. The van der Waals surface area contributed by atoms with E-state index in [1.807, 2.05) is 5.32 Å². The van der Waals surface area contributed by atoms with Crippen LogP contribution in [-0.2, 0) is 6.18 Å². The van der Waals surface area contributed by atoms with Gasteiger partial charge < -0.3 is 0 Å². The minimum absolute atomic E-state index is 0.224. The second-order valence-electron chi connectivity index (χ2n) is 2.45. The lowest BCUT2D eigenvalue weighted by Gasteiger charge is -2.08. The highest BCUT2D eigenvalue weighted by Gasteiger charge is 2.35. The summed E-state index contributed by atoms with van der Waals surface area (Å²) in [7, 11) is 1.24. The van der Waals surface area contributed by atoms with Crippen molar-refractivity contribution in [1.82, 2.24) is 15.2 Å². The van der Waals surface area contributed by atoms with Crippen molar-refractivity contribution < 1.29 is 18.0 Å². The standard InChI is InChI=1S/C5H6F3N5OS/c1-13(9)4(14)10-3-12-11-2(15-3)5(6,7)8/h9H2,1H3,(H,10,12,14). The molecule has 1 heterocycles. The SMILES string of the molecule is CN(N)C(=O)Nc1nnc(C(F)(F)F)s1. The topological polar surface area (TPSA) is 84.1 Å². The van der Waals surface area contributed by atoms with Gasteiger partial charge in [-0.3, -0.25) is 10.3 Å². The number of rotatable bonds is 1. The highest BCUT2D eigenvalue weighted by Crippen LogP contribution is 2.32. The average molecular weight is 241 g/mol. The first kappa shape index (κ1) is 11.7. The predicted molar refractivity (Wildman–Crippen MR) is 45.9 cm³/mol. The minimum atomic E-state index is -4.56. The molecule has 0 aromatic carbocycles. The number of hydrogen-bond donors (Lipinski definition) is 2. The lowest BCUT2D eigenvalue weighted by molar-refractivity contribution is -0.138. The largest absolute Gasteiger partial charge is 0.445 e. The quantitative estimate of drug-likeness (QED) is 0.434. The van der Waals surface area contributed by atoms with Crippen molar-refractivity contribution in [3.63, 3.8) is 0 Å². The summed E-state index contributed by atoms with van der Waals surface area (Å²) in [4.78, 5) is 10.9. The Bertz CT molecular complexity index is 362. The van der Waals surface area contributed by atoms with Gasteiger partial charge in [0.05, 0.1) is 0 Å². The molecule has 0 aliphatic heterocycles. The minimum Gasteiger partial charge on any atom is -0.281 e. The maximum absolute atomic E-state index is 12.1. The number of halogens is 3. The predicted octanol–water partition coefficient (Wildman–Crippen LogP) is 0.894. The Kier molecular flexibility index (Phi) is 3.09. The highest BCUT2D eigenvalue weighted by atomic mass is 32.1. The van der Waals surface area contributed by atoms with Gasteiger partial charge in [-0.1, -0.05) is 11.3 Å². The molecule has 10 heteroatoms. The van der Waals surface area contributed by atoms with Gasteiger partial charge >= 0.3 is 12.2 Å². The van der Waals surface area contributed by atoms with Crippen molar-refractivity contribution in [3.05, 3.63) is 5.01 Å². The number of carbonyl (C=O) groups is 1. The van der Waals surface area contributed by atoms with E-state index in [1.54, 1.807) is 0 Å². The zero-order valence-electron chi connectivity index (χ0n) is 7.37. The molecule has 0 saturated carbocycles. The van der Waals surface area contributed by atoms with E-state index in [9.17, 15) is 18.0 Å². The summed E-state index contributed by atoms with van der Waals surface area (Å²) in [5, 5.41) is 7.34. The van der Waals surface area contributed by atoms with Crippen LogP contribution in [0, 0.1) is 0 Å². The number of anilines is 1. The summed E-state index contributed by atoms with van der Waals surface area (Å²) >= 11 is 0.224. The molecule has 1 aromatic rings. The average Bonchev–Trinajstić information content (AvgIpc) is 2.51. The van der Waals surface area contributed by atoms with E-state index in [-0.39, 0.29) is 16.5 Å². The van der Waals surface area contributed by atoms with Crippen LogP contribution >= 0.6 is 11.3 Å². The molecule has 0 aliphatic rings. The Balaban J connectivity index is 2.73. The molecule has 15 heavy (non-hydrogen) atoms. The van der Waals surface area contributed by atoms with Crippen molar-refractivity contribution in [3.8, 4) is 0 Å². The molecule has 1 rings (SSSR count). The summed E-state index contributed by atoms with van der Waals surface area (Å²) in [6.45, 7) is 0. The number of carbonyl (C=O) groups excluding carboxylic acids is 1. The van der Waals surface area contributed by atoms with Crippen LogP contribution in [0.4, 0.5) is 23.1 Å². The highest BCUT2D eigenvalue weighted by molar-refractivity contribution is 7.15. The van der Waals surface area contributed by atoms with Crippen molar-refractivity contribution >= 4 is 22.5 Å². The van der Waals surface area contributed by atoms with Gasteiger partial charge in [-0.05, 0) is 0 Å². The monoisotopic (exact) mass is 241 g/mol. The third-order valence-electron chi connectivity index (χ3n) is 1.20. The smallest absolute Gasteiger partial charge is 0.281 e. The molecule has 3 N–H and O–H groups in total. The normalized spacial score (nSPS) is 11.3. The van der Waals surface area contributed by atoms with Crippen molar-refractivity contribution in [2.45, 2.75) is 6.18 Å². The van der Waals surface area contributed by atoms with E-state index in [4.69, 9.17) is 5.84 Å². The van der Waals surface area contributed by atoms with Gasteiger partial charge in [0.15, 0.2) is 0 Å². The van der Waals surface area contributed by atoms with Crippen LogP contribution in [0.15, 0.2) is 0 Å². The van der Waals surface area contributed by atoms with Crippen molar-refractivity contribution in [2.24, 2.45) is 5.84 Å². The zero-order valence-corrected chi connectivity index (χ0v) is 8.19. The molecule has 2 amide bonds. The van der Waals surface area contributed by atoms with E-state index in [1.165, 1.54) is 7.05 Å². The Morgan fingerprint density at radius 3 is 2.53 bits per heavy atom. The molecular formula is C5H6F3N5OS. The van der Waals surface area contributed by atoms with Gasteiger partial charge in [0.1, 0.15) is 0 Å². The lowest BCUT2D eigenvalue weighted by atomic mass is 10.7. The van der Waals surface area contributed by atoms with Crippen LogP contribution in [0.1, 0.15) is 5.01 Å². The third kappa shape index (κ3) is 3.02. The van der Waals surface area contributed by atoms with E-state index < -0.39 is 17.2 Å². The van der Waals surface area contributed by atoms with Crippen LogP contribution < -0.4 is 11.2 Å². The Hall–Kier alpha value is -1.42. The van der Waals surface area contributed by atoms with Crippen LogP contribution in [0.5, 0.6) is 0 Å². The molecular weight excluding hydrogens is 235 g/mol. The first-order valence-corrected chi connectivity index (χ1v) is 4.32. The van der Waals surface area contributed by atoms with E-state index in [0.717, 1.165) is 0 Å². The first-order valence-electron chi connectivity index (χ1n) is 3.51. The molecule has 0 bridgehead atoms. The Labute approximate surface area is 85.9 Å². The fourth-order valence-electron chi connectivity index (χ4n) is 0.568. The fourth-order valence-corrected chi connectivity index (χ4v) is 1.17. The van der Waals surface area contributed by atoms with Gasteiger partial charge in [0.2, 0.25) is 10.1 Å². The van der Waals surface area contributed by atoms with Crippen LogP contribution in [-0.4, -0.2) is 28.3 Å². The second kappa shape index (κ2) is 3.98. The van der Waals surface area contributed by atoms with Crippen LogP contribution in [0.3, 0.4) is 0 Å². The fraction of sp³-hybridized carbons (Fsp3) is 0.400. The molecule has 1 aromatic heterocycles. The maximum Gasteiger partial charge on any atom is 0.445 e. The van der Waals surface area contributed by atoms with Crippen molar-refractivity contribution in [1.29, 1.82) is 0 Å². The molecule has 84 valence electrons. The summed E-state index contributed by atoms with van der Waals surface area (Å²) < 4.78 is 36.2. The van der Waals surface area contributed by atoms with E-state index in [0.29, 0.717) is 5.01 Å². The zero-order chi connectivity index (χ0) is 11.6. The summed E-state index contributed by atoms with van der Waals surface area (Å²) in [5.74, 6) is 5.03. The van der Waals surface area contributed by atoms with Gasteiger partial charge in [0.25, 0.3) is 0 Å². The number of hydrogen-bond acceptors (Lipinski definition) is 5. The van der Waals surface area contributed by atoms with Crippen LogP contribution in [0.25, 0.3) is 0 Å². The molecule has 0 aliphatic carbocycles. The number of nitrogens with two attached hydrogens (primary N) is 1. The molecule has 0 unspecified atom stereocenters. The van der Waals surface area contributed by atoms with E-state index in [2.05, 4.69) is 10.2 Å². The number of aromatic nitrogens is 2. The first-order chi connectivity index (χ1) is 6.80. The third-order valence-corrected chi connectivity index (χ3v) is 2.09. The molecule has 0 atom stereocenters. The van der Waals surface area contributed by atoms with Crippen LogP contribution in [0.2, 0.25) is 0 Å². The van der Waals surface area contributed by atoms with Gasteiger partial charge in [-0.25, -0.2) is 10.6 Å². The van der Waals surface area contributed by atoms with Gasteiger partial charge in [-0.2, -0.15) is 13.2 Å². The maximum atomic E-state index is 12.1. The number of hydrazine groups is 1. The van der Waals surface area contributed by atoms with Gasteiger partial charge in [0, 0.05) is 7.05 Å². The van der Waals surface area contributed by atoms with Gasteiger partial charge in [-0.15, -0.1) is 10.2 Å². The Morgan fingerprint density at radius 2 is 2.13 bits per heavy atom. The molecule has 0 fully saturated rings. The van der Waals surface area contributed by atoms with Crippen molar-refractivity contribution in [2.75, 3.05) is 12.4 Å². The number of amides is 2. The number of urea groups is 1. The number of alkyl halides is 3. The second-order valence-corrected chi connectivity index (χ2v) is 3.43. The molecule has 0 spiro atoms. The number of nitrogens with one attached hydrogen (secondary N) is 1.